The third kappa shape index (κ3) is 4.95. The van der Waals surface area contributed by atoms with Crippen molar-refractivity contribution in [1.82, 2.24) is 5.43 Å². The molecule has 0 saturated carbocycles. The van der Waals surface area contributed by atoms with Crippen LogP contribution in [0.4, 0.5) is 0 Å². The summed E-state index contributed by atoms with van der Waals surface area (Å²) >= 11 is 0. The van der Waals surface area contributed by atoms with Gasteiger partial charge in [0.1, 0.15) is 6.61 Å². The van der Waals surface area contributed by atoms with Crippen molar-refractivity contribution in [2.24, 2.45) is 5.10 Å². The van der Waals surface area contributed by atoms with Gasteiger partial charge in [0.2, 0.25) is 6.10 Å². The van der Waals surface area contributed by atoms with Crippen LogP contribution in [0.15, 0.2) is 47.6 Å². The Hall–Kier alpha value is -3.75. The third-order valence-electron chi connectivity index (χ3n) is 4.07. The smallest absolute Gasteiger partial charge is 0.341 e. The number of carboxylic acids is 1. The number of nitrogens with zero attached hydrogens (tertiary/aromatic N) is 1. The summed E-state index contributed by atoms with van der Waals surface area (Å²) in [7, 11) is 1.44. The summed E-state index contributed by atoms with van der Waals surface area (Å²) in [4.78, 5) is 23.0. The first kappa shape index (κ1) is 20.0. The van der Waals surface area contributed by atoms with Gasteiger partial charge in [0.15, 0.2) is 29.6 Å². The van der Waals surface area contributed by atoms with Gasteiger partial charge in [-0.1, -0.05) is 12.1 Å². The number of hydrazone groups is 1. The maximum absolute atomic E-state index is 12.3. The molecular formula is C20H20N2O7. The number of aliphatic carboxylic acids is 1. The number of hydrogen-bond acceptors (Lipinski definition) is 7. The second kappa shape index (κ2) is 8.96. The van der Waals surface area contributed by atoms with Gasteiger partial charge in [-0.25, -0.2) is 10.2 Å². The van der Waals surface area contributed by atoms with Crippen molar-refractivity contribution in [3.8, 4) is 23.0 Å². The molecule has 3 rings (SSSR count). The zero-order valence-corrected chi connectivity index (χ0v) is 15.9. The monoisotopic (exact) mass is 400 g/mol. The highest BCUT2D eigenvalue weighted by molar-refractivity contribution is 6.00. The van der Waals surface area contributed by atoms with Gasteiger partial charge in [0, 0.05) is 5.56 Å². The zero-order chi connectivity index (χ0) is 20.8. The van der Waals surface area contributed by atoms with Gasteiger partial charge in [0.05, 0.1) is 12.8 Å². The first-order valence-corrected chi connectivity index (χ1v) is 8.73. The molecule has 152 valence electrons. The molecule has 0 aliphatic carbocycles. The number of ether oxygens (including phenoxy) is 4. The van der Waals surface area contributed by atoms with Crippen molar-refractivity contribution in [3.63, 3.8) is 0 Å². The highest BCUT2D eigenvalue weighted by Gasteiger charge is 2.27. The molecule has 2 N–H and O–H groups in total. The van der Waals surface area contributed by atoms with Crippen LogP contribution in [0.5, 0.6) is 23.0 Å². The molecule has 2 aromatic carbocycles. The van der Waals surface area contributed by atoms with E-state index in [4.69, 9.17) is 24.1 Å². The van der Waals surface area contributed by atoms with Gasteiger partial charge in [-0.3, -0.25) is 4.79 Å². The molecule has 0 fully saturated rings. The van der Waals surface area contributed by atoms with E-state index in [1.165, 1.54) is 7.11 Å². The molecule has 0 saturated heterocycles. The quantitative estimate of drug-likeness (QED) is 0.538. The highest BCUT2D eigenvalue weighted by atomic mass is 16.6. The van der Waals surface area contributed by atoms with Crippen LogP contribution >= 0.6 is 0 Å². The van der Waals surface area contributed by atoms with Crippen molar-refractivity contribution in [2.45, 2.75) is 13.0 Å². The Kier molecular flexibility index (Phi) is 6.18. The Labute approximate surface area is 166 Å². The van der Waals surface area contributed by atoms with Gasteiger partial charge in [0.25, 0.3) is 5.91 Å². The number of rotatable bonds is 7. The molecule has 0 spiro atoms. The minimum absolute atomic E-state index is 0.0842. The number of nitrogens with one attached hydrogen (secondary N) is 1. The van der Waals surface area contributed by atoms with E-state index in [9.17, 15) is 9.59 Å². The SMILES string of the molecule is COc1cc(/C(C)=N\NC(=O)[C@@H]2COc3ccccc3O2)ccc1OCC(=O)O. The number of para-hydroxylation sites is 2. The van der Waals surface area contributed by atoms with Crippen LogP contribution < -0.4 is 24.4 Å². The summed E-state index contributed by atoms with van der Waals surface area (Å²) in [6, 6.07) is 12.0. The topological polar surface area (TPSA) is 116 Å². The fourth-order valence-corrected chi connectivity index (χ4v) is 2.58. The molecular weight excluding hydrogens is 380 g/mol. The van der Waals surface area contributed by atoms with E-state index in [1.807, 2.05) is 6.07 Å². The van der Waals surface area contributed by atoms with Crippen molar-refractivity contribution in [2.75, 3.05) is 20.3 Å². The lowest BCUT2D eigenvalue weighted by molar-refractivity contribution is -0.139. The van der Waals surface area contributed by atoms with E-state index in [0.717, 1.165) is 0 Å². The molecule has 0 unspecified atom stereocenters. The predicted molar refractivity (Wildman–Crippen MR) is 103 cm³/mol. The van der Waals surface area contributed by atoms with E-state index < -0.39 is 24.6 Å². The standard InChI is InChI=1S/C20H20N2O7/c1-12(13-7-8-15(17(9-13)26-2)28-11-19(23)24)21-22-20(25)18-10-27-14-5-3-4-6-16(14)29-18/h3-9,18H,10-11H2,1-2H3,(H,22,25)(H,23,24)/b21-12-/t18-/m0/s1. The number of carboxylic acid groups (broad SMARTS) is 1. The molecule has 0 radical (unpaired) electrons. The molecule has 0 bridgehead atoms. The average molecular weight is 400 g/mol. The van der Waals surface area contributed by atoms with Crippen LogP contribution in [0.1, 0.15) is 12.5 Å². The summed E-state index contributed by atoms with van der Waals surface area (Å²) < 4.78 is 21.6. The third-order valence-corrected chi connectivity index (χ3v) is 4.07. The van der Waals surface area contributed by atoms with Crippen LogP contribution in [0.3, 0.4) is 0 Å². The van der Waals surface area contributed by atoms with Crippen LogP contribution in [-0.4, -0.2) is 49.1 Å². The summed E-state index contributed by atoms with van der Waals surface area (Å²) in [5, 5.41) is 12.8. The molecule has 9 heteroatoms. The molecule has 9 nitrogen and oxygen atoms in total. The van der Waals surface area contributed by atoms with Crippen LogP contribution in [0, 0.1) is 0 Å². The number of hydrogen-bond donors (Lipinski definition) is 2. The van der Waals surface area contributed by atoms with E-state index in [2.05, 4.69) is 10.5 Å². The fourth-order valence-electron chi connectivity index (χ4n) is 2.58. The van der Waals surface area contributed by atoms with E-state index in [-0.39, 0.29) is 6.61 Å². The Bertz CT molecular complexity index is 942. The van der Waals surface area contributed by atoms with Crippen LogP contribution in [0.2, 0.25) is 0 Å². The lowest BCUT2D eigenvalue weighted by atomic mass is 10.1. The molecule has 1 atom stereocenters. The van der Waals surface area contributed by atoms with Gasteiger partial charge in [-0.15, -0.1) is 0 Å². The Morgan fingerprint density at radius 3 is 2.69 bits per heavy atom. The maximum atomic E-state index is 12.3. The normalized spacial score (nSPS) is 15.4. The molecule has 2 aromatic rings. The van der Waals surface area contributed by atoms with Crippen molar-refractivity contribution < 1.29 is 33.6 Å². The number of carbonyl (C=O) groups is 2. The van der Waals surface area contributed by atoms with Crippen LogP contribution in [-0.2, 0) is 9.59 Å². The number of benzene rings is 2. The van der Waals surface area contributed by atoms with Gasteiger partial charge in [-0.2, -0.15) is 5.10 Å². The van der Waals surface area contributed by atoms with Gasteiger partial charge in [-0.05, 0) is 37.3 Å². The Morgan fingerprint density at radius 2 is 1.97 bits per heavy atom. The molecule has 1 heterocycles. The van der Waals surface area contributed by atoms with E-state index in [0.29, 0.717) is 34.3 Å². The predicted octanol–water partition coefficient (Wildman–Crippen LogP) is 1.84. The Morgan fingerprint density at radius 1 is 1.21 bits per heavy atom. The fraction of sp³-hybridized carbons (Fsp3) is 0.250. The number of carbonyl (C=O) groups excluding carboxylic acids is 1. The number of amides is 1. The second-order valence-electron chi connectivity index (χ2n) is 6.09. The molecule has 1 aliphatic heterocycles. The average Bonchev–Trinajstić information content (AvgIpc) is 2.75. The van der Waals surface area contributed by atoms with Crippen molar-refractivity contribution in [3.05, 3.63) is 48.0 Å². The van der Waals surface area contributed by atoms with E-state index in [1.54, 1.807) is 43.3 Å². The molecule has 1 amide bonds. The lowest BCUT2D eigenvalue weighted by Crippen LogP contribution is -2.42. The zero-order valence-electron chi connectivity index (χ0n) is 15.9. The maximum Gasteiger partial charge on any atom is 0.341 e. The molecule has 29 heavy (non-hydrogen) atoms. The van der Waals surface area contributed by atoms with Crippen LogP contribution in [0.25, 0.3) is 0 Å². The minimum atomic E-state index is -1.09. The van der Waals surface area contributed by atoms with E-state index >= 15 is 0 Å². The Balaban J connectivity index is 1.65. The summed E-state index contributed by atoms with van der Waals surface area (Å²) in [6.45, 7) is 1.31. The molecule has 0 aromatic heterocycles. The number of fused-ring (bicyclic) bond motifs is 1. The van der Waals surface area contributed by atoms with Crippen molar-refractivity contribution >= 4 is 17.6 Å². The summed E-state index contributed by atoms with van der Waals surface area (Å²) in [6.07, 6.45) is -0.817. The first-order chi connectivity index (χ1) is 14.0. The first-order valence-electron chi connectivity index (χ1n) is 8.73. The summed E-state index contributed by atoms with van der Waals surface area (Å²) in [5.74, 6) is 0.210. The largest absolute Gasteiger partial charge is 0.493 e. The van der Waals surface area contributed by atoms with Crippen molar-refractivity contribution in [1.29, 1.82) is 0 Å². The van der Waals surface area contributed by atoms with Gasteiger partial charge < -0.3 is 24.1 Å². The molecule has 1 aliphatic rings. The second-order valence-corrected chi connectivity index (χ2v) is 6.09. The minimum Gasteiger partial charge on any atom is -0.493 e. The number of methoxy groups -OCH3 is 1. The summed E-state index contributed by atoms with van der Waals surface area (Å²) in [5.41, 5.74) is 3.64. The van der Waals surface area contributed by atoms with Gasteiger partial charge >= 0.3 is 5.97 Å². The lowest BCUT2D eigenvalue weighted by Gasteiger charge is -2.24. The highest BCUT2D eigenvalue weighted by Crippen LogP contribution is 2.31.